The van der Waals surface area contributed by atoms with E-state index in [2.05, 4.69) is 120 Å². The van der Waals surface area contributed by atoms with E-state index in [1.54, 1.807) is 0 Å². The lowest BCUT2D eigenvalue weighted by atomic mass is 9.90. The van der Waals surface area contributed by atoms with Gasteiger partial charge in [0.15, 0.2) is 0 Å². The number of nitrogens with zero attached hydrogens (tertiary/aromatic N) is 2. The number of nitrogens with one attached hydrogen (secondary N) is 1. The van der Waals surface area contributed by atoms with Gasteiger partial charge in [-0.3, -0.25) is 4.90 Å². The number of rotatable bonds is 14. The zero-order valence-corrected chi connectivity index (χ0v) is 26.6. The molecule has 0 aromatic heterocycles. The molecule has 5 rings (SSSR count). The first-order valence-electron chi connectivity index (χ1n) is 16.8. The summed E-state index contributed by atoms with van der Waals surface area (Å²) < 4.78 is 6.61. The summed E-state index contributed by atoms with van der Waals surface area (Å²) in [5, 5.41) is 3.66. The average Bonchev–Trinajstić information content (AvgIpc) is 3.06. The Morgan fingerprint density at radius 3 is 2.28 bits per heavy atom. The molecule has 0 bridgehead atoms. The molecular formula is C39H53N3O. The highest BCUT2D eigenvalue weighted by Crippen LogP contribution is 2.28. The maximum Gasteiger partial charge on any atom is 0.120 e. The van der Waals surface area contributed by atoms with Crippen LogP contribution in [0.5, 0.6) is 5.75 Å². The van der Waals surface area contributed by atoms with Crippen LogP contribution in [-0.4, -0.2) is 61.2 Å². The fourth-order valence-corrected chi connectivity index (χ4v) is 6.91. The third kappa shape index (κ3) is 9.20. The Hall–Kier alpha value is -3.08. The van der Waals surface area contributed by atoms with Gasteiger partial charge in [0.1, 0.15) is 11.9 Å². The summed E-state index contributed by atoms with van der Waals surface area (Å²) in [6.07, 6.45) is 8.95. The first kappa shape index (κ1) is 31.3. The topological polar surface area (TPSA) is 27.7 Å². The van der Waals surface area contributed by atoms with Crippen LogP contribution in [0.4, 0.5) is 0 Å². The summed E-state index contributed by atoms with van der Waals surface area (Å²) in [4.78, 5) is 5.29. The monoisotopic (exact) mass is 579 g/mol. The van der Waals surface area contributed by atoms with E-state index in [-0.39, 0.29) is 6.10 Å². The van der Waals surface area contributed by atoms with E-state index in [9.17, 15) is 0 Å². The number of ether oxygens (including phenoxy) is 1. The molecule has 2 fully saturated rings. The quantitative estimate of drug-likeness (QED) is 0.208. The standard InChI is InChI=1S/C39H53N3O/c1-4-5-14-31(2)42-25-22-33(23-26-42)28-40-32(3)36-19-12-20-37(27-36)43-38-21-13-24-41(29-38)30-39(34-15-8-6-9-16-34)35-17-10-7-11-18-35/h6-12,15-20,27,31,33,38-40H,3-5,13-14,21-26,28-30H2,1-2H3. The molecule has 3 aromatic carbocycles. The van der Waals surface area contributed by atoms with Crippen molar-refractivity contribution >= 4 is 5.70 Å². The predicted octanol–water partition coefficient (Wildman–Crippen LogP) is 8.21. The summed E-state index contributed by atoms with van der Waals surface area (Å²) in [7, 11) is 0. The Kier molecular flexibility index (Phi) is 11.8. The molecular weight excluding hydrogens is 526 g/mol. The van der Waals surface area contributed by atoms with Crippen LogP contribution < -0.4 is 10.1 Å². The van der Waals surface area contributed by atoms with Crippen molar-refractivity contribution in [2.75, 3.05) is 39.3 Å². The van der Waals surface area contributed by atoms with Crippen molar-refractivity contribution < 1.29 is 4.74 Å². The highest BCUT2D eigenvalue weighted by Gasteiger charge is 2.26. The molecule has 2 aliphatic rings. The van der Waals surface area contributed by atoms with Crippen molar-refractivity contribution in [1.82, 2.24) is 15.1 Å². The van der Waals surface area contributed by atoms with Crippen LogP contribution in [0, 0.1) is 5.92 Å². The molecule has 0 spiro atoms. The largest absolute Gasteiger partial charge is 0.489 e. The molecule has 0 saturated carbocycles. The van der Waals surface area contributed by atoms with Gasteiger partial charge >= 0.3 is 0 Å². The van der Waals surface area contributed by atoms with Crippen LogP contribution in [-0.2, 0) is 0 Å². The number of piperidine rings is 2. The number of hydrogen-bond donors (Lipinski definition) is 1. The average molecular weight is 580 g/mol. The Labute approximate surface area is 261 Å². The molecule has 4 nitrogen and oxygen atoms in total. The van der Waals surface area contributed by atoms with Crippen molar-refractivity contribution in [1.29, 1.82) is 0 Å². The summed E-state index contributed by atoms with van der Waals surface area (Å²) in [6.45, 7) is 15.6. The second kappa shape index (κ2) is 16.1. The van der Waals surface area contributed by atoms with Crippen molar-refractivity contribution in [2.45, 2.75) is 76.9 Å². The molecule has 4 heteroatoms. The highest BCUT2D eigenvalue weighted by atomic mass is 16.5. The van der Waals surface area contributed by atoms with Crippen LogP contribution in [0.3, 0.4) is 0 Å². The zero-order chi connectivity index (χ0) is 29.9. The van der Waals surface area contributed by atoms with Gasteiger partial charge in [-0.25, -0.2) is 0 Å². The van der Waals surface area contributed by atoms with Crippen molar-refractivity contribution in [3.63, 3.8) is 0 Å². The number of likely N-dealkylation sites (tertiary alicyclic amines) is 2. The lowest BCUT2D eigenvalue weighted by molar-refractivity contribution is 0.0866. The molecule has 0 aliphatic carbocycles. The van der Waals surface area contributed by atoms with E-state index in [1.165, 1.54) is 56.3 Å². The Morgan fingerprint density at radius 1 is 0.907 bits per heavy atom. The molecule has 2 unspecified atom stereocenters. The van der Waals surface area contributed by atoms with E-state index < -0.39 is 0 Å². The second-order valence-electron chi connectivity index (χ2n) is 12.9. The van der Waals surface area contributed by atoms with Gasteiger partial charge in [-0.15, -0.1) is 0 Å². The Morgan fingerprint density at radius 2 is 1.60 bits per heavy atom. The van der Waals surface area contributed by atoms with Crippen molar-refractivity contribution in [2.24, 2.45) is 5.92 Å². The molecule has 3 aromatic rings. The van der Waals surface area contributed by atoms with E-state index >= 15 is 0 Å². The molecule has 2 aliphatic heterocycles. The van der Waals surface area contributed by atoms with Crippen LogP contribution >= 0.6 is 0 Å². The minimum atomic E-state index is 0.197. The van der Waals surface area contributed by atoms with Gasteiger partial charge < -0.3 is 15.0 Å². The Balaban J connectivity index is 1.12. The summed E-state index contributed by atoms with van der Waals surface area (Å²) in [6, 6.07) is 31.1. The molecule has 43 heavy (non-hydrogen) atoms. The van der Waals surface area contributed by atoms with Crippen LogP contribution in [0.1, 0.15) is 81.4 Å². The highest BCUT2D eigenvalue weighted by molar-refractivity contribution is 5.63. The summed E-state index contributed by atoms with van der Waals surface area (Å²) in [5.74, 6) is 2.02. The minimum absolute atomic E-state index is 0.197. The molecule has 230 valence electrons. The van der Waals surface area contributed by atoms with Gasteiger partial charge in [-0.05, 0) is 87.8 Å². The third-order valence-corrected chi connectivity index (χ3v) is 9.64. The molecule has 2 heterocycles. The first-order chi connectivity index (χ1) is 21.1. The first-order valence-corrected chi connectivity index (χ1v) is 16.8. The predicted molar refractivity (Wildman–Crippen MR) is 182 cm³/mol. The van der Waals surface area contributed by atoms with E-state index in [4.69, 9.17) is 4.74 Å². The van der Waals surface area contributed by atoms with Crippen molar-refractivity contribution in [3.05, 3.63) is 108 Å². The maximum atomic E-state index is 6.61. The zero-order valence-electron chi connectivity index (χ0n) is 26.6. The van der Waals surface area contributed by atoms with Gasteiger partial charge in [0.2, 0.25) is 0 Å². The second-order valence-corrected chi connectivity index (χ2v) is 12.9. The molecule has 0 radical (unpaired) electrons. The molecule has 2 atom stereocenters. The van der Waals surface area contributed by atoms with Gasteiger partial charge in [0.25, 0.3) is 0 Å². The summed E-state index contributed by atoms with van der Waals surface area (Å²) >= 11 is 0. The number of hydrogen-bond acceptors (Lipinski definition) is 4. The molecule has 1 N–H and O–H groups in total. The van der Waals surface area contributed by atoms with Crippen LogP contribution in [0.15, 0.2) is 91.5 Å². The SMILES string of the molecule is C=C(NCC1CCN(C(C)CCCC)CC1)c1cccc(OC2CCCN(CC(c3ccccc3)c3ccccc3)C2)c1. The lowest BCUT2D eigenvalue weighted by Crippen LogP contribution is -2.43. The molecule has 2 saturated heterocycles. The minimum Gasteiger partial charge on any atom is -0.489 e. The number of unbranched alkanes of at least 4 members (excludes halogenated alkanes) is 1. The van der Waals surface area contributed by atoms with E-state index in [0.29, 0.717) is 5.92 Å². The smallest absolute Gasteiger partial charge is 0.120 e. The van der Waals surface area contributed by atoms with E-state index in [1.807, 2.05) is 0 Å². The normalized spacial score (nSPS) is 19.3. The van der Waals surface area contributed by atoms with Gasteiger partial charge in [0, 0.05) is 42.9 Å². The lowest BCUT2D eigenvalue weighted by Gasteiger charge is -2.36. The fraction of sp³-hybridized carbons (Fsp3) is 0.487. The van der Waals surface area contributed by atoms with Crippen LogP contribution in [0.2, 0.25) is 0 Å². The fourth-order valence-electron chi connectivity index (χ4n) is 6.91. The van der Waals surface area contributed by atoms with Crippen LogP contribution in [0.25, 0.3) is 5.70 Å². The third-order valence-electron chi connectivity index (χ3n) is 9.64. The van der Waals surface area contributed by atoms with Gasteiger partial charge in [0.05, 0.1) is 0 Å². The summed E-state index contributed by atoms with van der Waals surface area (Å²) in [5.41, 5.74) is 4.89. The molecule has 0 amide bonds. The Bertz CT molecular complexity index is 1200. The van der Waals surface area contributed by atoms with Crippen molar-refractivity contribution in [3.8, 4) is 5.75 Å². The number of benzene rings is 3. The van der Waals surface area contributed by atoms with Gasteiger partial charge in [-0.2, -0.15) is 0 Å². The van der Waals surface area contributed by atoms with E-state index in [0.717, 1.165) is 68.0 Å². The maximum absolute atomic E-state index is 6.61. The van der Waals surface area contributed by atoms with Gasteiger partial charge in [-0.1, -0.05) is 99.1 Å².